The maximum atomic E-state index is 9.64. The van der Waals surface area contributed by atoms with Crippen molar-refractivity contribution in [2.75, 3.05) is 46.6 Å². The molecule has 1 aromatic rings. The van der Waals surface area contributed by atoms with Gasteiger partial charge in [0.15, 0.2) is 11.5 Å². The molecule has 0 amide bonds. The van der Waals surface area contributed by atoms with Crippen molar-refractivity contribution in [2.24, 2.45) is 0 Å². The molecule has 0 spiro atoms. The predicted molar refractivity (Wildman–Crippen MR) is 82.9 cm³/mol. The van der Waals surface area contributed by atoms with Crippen LogP contribution in [-0.2, 0) is 16.0 Å². The van der Waals surface area contributed by atoms with Crippen LogP contribution in [0.25, 0.3) is 0 Å². The molecule has 0 radical (unpaired) electrons. The lowest BCUT2D eigenvalue weighted by Gasteiger charge is -2.22. The molecular weight excluding hydrogens is 270 g/mol. The topological polar surface area (TPSA) is 51.2 Å². The molecule has 5 nitrogen and oxygen atoms in total. The van der Waals surface area contributed by atoms with E-state index < -0.39 is 0 Å². The molecule has 21 heavy (non-hydrogen) atoms. The number of methoxy groups -OCH3 is 1. The zero-order valence-corrected chi connectivity index (χ0v) is 13.3. The minimum Gasteiger partial charge on any atom is -0.504 e. The van der Waals surface area contributed by atoms with E-state index in [1.54, 1.807) is 13.2 Å². The highest BCUT2D eigenvalue weighted by Crippen LogP contribution is 2.26. The molecule has 1 aromatic carbocycles. The van der Waals surface area contributed by atoms with Crippen molar-refractivity contribution in [1.29, 1.82) is 0 Å². The second kappa shape index (κ2) is 10.4. The Morgan fingerprint density at radius 1 is 1.05 bits per heavy atom. The van der Waals surface area contributed by atoms with E-state index in [4.69, 9.17) is 14.2 Å². The van der Waals surface area contributed by atoms with Crippen LogP contribution >= 0.6 is 0 Å². The van der Waals surface area contributed by atoms with Crippen molar-refractivity contribution in [2.45, 2.75) is 20.4 Å². The lowest BCUT2D eigenvalue weighted by Crippen LogP contribution is -2.30. The molecule has 5 heteroatoms. The normalized spacial score (nSPS) is 11.0. The van der Waals surface area contributed by atoms with E-state index in [9.17, 15) is 5.11 Å². The summed E-state index contributed by atoms with van der Waals surface area (Å²) >= 11 is 0. The van der Waals surface area contributed by atoms with Gasteiger partial charge in [0, 0.05) is 32.8 Å². The number of nitrogens with zero attached hydrogens (tertiary/aromatic N) is 1. The van der Waals surface area contributed by atoms with Crippen molar-refractivity contribution in [1.82, 2.24) is 4.90 Å². The Kier molecular flexibility index (Phi) is 8.82. The van der Waals surface area contributed by atoms with Crippen molar-refractivity contribution in [3.05, 3.63) is 23.8 Å². The number of hydrogen-bond acceptors (Lipinski definition) is 5. The fourth-order valence-electron chi connectivity index (χ4n) is 2.02. The van der Waals surface area contributed by atoms with Gasteiger partial charge in [0.2, 0.25) is 0 Å². The van der Waals surface area contributed by atoms with Gasteiger partial charge in [0.25, 0.3) is 0 Å². The van der Waals surface area contributed by atoms with Gasteiger partial charge in [-0.1, -0.05) is 6.07 Å². The van der Waals surface area contributed by atoms with E-state index in [0.29, 0.717) is 19.0 Å². The third-order valence-electron chi connectivity index (χ3n) is 3.16. The third-order valence-corrected chi connectivity index (χ3v) is 3.16. The molecule has 0 saturated carbocycles. The SMILES string of the molecule is CCOCCN(CCOCC)Cc1ccc(O)c(OC)c1. The van der Waals surface area contributed by atoms with Gasteiger partial charge >= 0.3 is 0 Å². The van der Waals surface area contributed by atoms with Gasteiger partial charge in [-0.25, -0.2) is 0 Å². The Morgan fingerprint density at radius 3 is 2.19 bits per heavy atom. The highest BCUT2D eigenvalue weighted by Gasteiger charge is 2.09. The molecule has 0 aliphatic carbocycles. The number of benzene rings is 1. The second-order valence-corrected chi connectivity index (χ2v) is 4.68. The molecule has 0 unspecified atom stereocenters. The number of phenolic OH excluding ortho intramolecular Hbond substituents is 1. The van der Waals surface area contributed by atoms with Crippen LogP contribution in [0.4, 0.5) is 0 Å². The first-order chi connectivity index (χ1) is 10.2. The van der Waals surface area contributed by atoms with Crippen molar-refractivity contribution >= 4 is 0 Å². The number of ether oxygens (including phenoxy) is 3. The summed E-state index contributed by atoms with van der Waals surface area (Å²) in [6, 6.07) is 5.44. The number of rotatable bonds is 11. The van der Waals surface area contributed by atoms with Gasteiger partial charge in [-0.3, -0.25) is 4.90 Å². The fourth-order valence-corrected chi connectivity index (χ4v) is 2.02. The van der Waals surface area contributed by atoms with Crippen LogP contribution in [0.2, 0.25) is 0 Å². The molecule has 120 valence electrons. The smallest absolute Gasteiger partial charge is 0.160 e. The van der Waals surface area contributed by atoms with Crippen LogP contribution < -0.4 is 4.74 Å². The molecule has 1 rings (SSSR count). The Balaban J connectivity index is 2.60. The van der Waals surface area contributed by atoms with Gasteiger partial charge in [-0.15, -0.1) is 0 Å². The summed E-state index contributed by atoms with van der Waals surface area (Å²) in [4.78, 5) is 2.27. The summed E-state index contributed by atoms with van der Waals surface area (Å²) in [7, 11) is 1.56. The van der Waals surface area contributed by atoms with Crippen molar-refractivity contribution in [3.63, 3.8) is 0 Å². The third kappa shape index (κ3) is 6.80. The predicted octanol–water partition coefficient (Wildman–Crippen LogP) is 2.28. The Hall–Kier alpha value is -1.30. The van der Waals surface area contributed by atoms with E-state index >= 15 is 0 Å². The molecule has 0 heterocycles. The van der Waals surface area contributed by atoms with Crippen molar-refractivity contribution in [3.8, 4) is 11.5 Å². The second-order valence-electron chi connectivity index (χ2n) is 4.68. The zero-order valence-electron chi connectivity index (χ0n) is 13.3. The van der Waals surface area contributed by atoms with Gasteiger partial charge in [-0.2, -0.15) is 0 Å². The Morgan fingerprint density at radius 2 is 1.67 bits per heavy atom. The molecular formula is C16H27NO4. The van der Waals surface area contributed by atoms with Gasteiger partial charge < -0.3 is 19.3 Å². The highest BCUT2D eigenvalue weighted by atomic mass is 16.5. The maximum Gasteiger partial charge on any atom is 0.160 e. The van der Waals surface area contributed by atoms with Crippen LogP contribution in [0.3, 0.4) is 0 Å². The largest absolute Gasteiger partial charge is 0.504 e. The van der Waals surface area contributed by atoms with Crippen molar-refractivity contribution < 1.29 is 19.3 Å². The Labute approximate surface area is 127 Å². The molecule has 0 atom stereocenters. The van der Waals surface area contributed by atoms with E-state index in [2.05, 4.69) is 4.90 Å². The minimum absolute atomic E-state index is 0.163. The lowest BCUT2D eigenvalue weighted by molar-refractivity contribution is 0.0797. The summed E-state index contributed by atoms with van der Waals surface area (Å²) in [5.41, 5.74) is 1.10. The summed E-state index contributed by atoms with van der Waals surface area (Å²) < 4.78 is 16.0. The summed E-state index contributed by atoms with van der Waals surface area (Å²) in [6.07, 6.45) is 0. The van der Waals surface area contributed by atoms with E-state index in [-0.39, 0.29) is 5.75 Å². The van der Waals surface area contributed by atoms with Crippen LogP contribution in [0.5, 0.6) is 11.5 Å². The van der Waals surface area contributed by atoms with Crippen LogP contribution in [0.15, 0.2) is 18.2 Å². The number of aromatic hydroxyl groups is 1. The summed E-state index contributed by atoms with van der Waals surface area (Å²) in [5.74, 6) is 0.665. The summed E-state index contributed by atoms with van der Waals surface area (Å²) in [6.45, 7) is 9.34. The fraction of sp³-hybridized carbons (Fsp3) is 0.625. The zero-order chi connectivity index (χ0) is 15.5. The quantitative estimate of drug-likeness (QED) is 0.635. The van der Waals surface area contributed by atoms with Crippen LogP contribution in [0, 0.1) is 0 Å². The van der Waals surface area contributed by atoms with Crippen LogP contribution in [0.1, 0.15) is 19.4 Å². The number of hydrogen-bond donors (Lipinski definition) is 1. The van der Waals surface area contributed by atoms with E-state index in [1.165, 1.54) is 0 Å². The van der Waals surface area contributed by atoms with Crippen LogP contribution in [-0.4, -0.2) is 56.6 Å². The first kappa shape index (κ1) is 17.8. The lowest BCUT2D eigenvalue weighted by atomic mass is 10.2. The monoisotopic (exact) mass is 297 g/mol. The molecule has 0 fully saturated rings. The molecule has 0 saturated heterocycles. The molecule has 0 aliphatic rings. The molecule has 0 bridgehead atoms. The first-order valence-corrected chi connectivity index (χ1v) is 7.45. The average molecular weight is 297 g/mol. The molecule has 0 aliphatic heterocycles. The van der Waals surface area contributed by atoms with Gasteiger partial charge in [0.1, 0.15) is 0 Å². The van der Waals surface area contributed by atoms with E-state index in [1.807, 2.05) is 26.0 Å². The standard InChI is InChI=1S/C16H27NO4/c1-4-20-10-8-17(9-11-21-5-2)13-14-6-7-15(18)16(12-14)19-3/h6-7,12,18H,4-5,8-11,13H2,1-3H3. The van der Waals surface area contributed by atoms with E-state index in [0.717, 1.165) is 38.4 Å². The first-order valence-electron chi connectivity index (χ1n) is 7.45. The average Bonchev–Trinajstić information content (AvgIpc) is 2.49. The minimum atomic E-state index is 0.163. The summed E-state index contributed by atoms with van der Waals surface area (Å²) in [5, 5.41) is 9.64. The molecule has 1 N–H and O–H groups in total. The maximum absolute atomic E-state index is 9.64. The molecule has 0 aromatic heterocycles. The number of phenols is 1. The highest BCUT2D eigenvalue weighted by molar-refractivity contribution is 5.41. The Bertz CT molecular complexity index is 388. The van der Waals surface area contributed by atoms with Gasteiger partial charge in [-0.05, 0) is 31.5 Å². The van der Waals surface area contributed by atoms with Gasteiger partial charge in [0.05, 0.1) is 20.3 Å².